The molecular formula is C23H15ClN4O4S. The van der Waals surface area contributed by atoms with Crippen molar-refractivity contribution in [3.05, 3.63) is 94.2 Å². The normalized spacial score (nSPS) is 10.5. The summed E-state index contributed by atoms with van der Waals surface area (Å²) in [6.45, 7) is -0.560. The zero-order valence-electron chi connectivity index (χ0n) is 16.9. The Hall–Kier alpha value is -3.95. The highest BCUT2D eigenvalue weighted by Crippen LogP contribution is 2.24. The fraction of sp³-hybridized carbons (Fsp3) is 0.0435. The summed E-state index contributed by atoms with van der Waals surface area (Å²) in [5.41, 5.74) is 0.969. The van der Waals surface area contributed by atoms with Gasteiger partial charge in [0, 0.05) is 33.9 Å². The van der Waals surface area contributed by atoms with Gasteiger partial charge in [-0.1, -0.05) is 41.9 Å². The van der Waals surface area contributed by atoms with Gasteiger partial charge in [-0.3, -0.25) is 9.59 Å². The van der Waals surface area contributed by atoms with Gasteiger partial charge in [-0.2, -0.15) is 0 Å². The van der Waals surface area contributed by atoms with Crippen LogP contribution in [-0.4, -0.2) is 39.2 Å². The van der Waals surface area contributed by atoms with Gasteiger partial charge in [-0.25, -0.2) is 19.7 Å². The predicted molar refractivity (Wildman–Crippen MR) is 123 cm³/mol. The Morgan fingerprint density at radius 3 is 2.52 bits per heavy atom. The van der Waals surface area contributed by atoms with Crippen molar-refractivity contribution in [2.75, 3.05) is 11.9 Å². The molecule has 0 fully saturated rings. The van der Waals surface area contributed by atoms with E-state index in [-0.39, 0.29) is 22.7 Å². The van der Waals surface area contributed by atoms with Crippen LogP contribution < -0.4 is 5.32 Å². The number of nitrogens with one attached hydrogen (secondary N) is 1. The Kier molecular flexibility index (Phi) is 6.82. The van der Waals surface area contributed by atoms with Crippen LogP contribution >= 0.6 is 22.9 Å². The Balaban J connectivity index is 1.41. The molecule has 0 radical (unpaired) electrons. The van der Waals surface area contributed by atoms with E-state index >= 15 is 0 Å². The van der Waals surface area contributed by atoms with Crippen LogP contribution in [-0.2, 0) is 9.53 Å². The zero-order chi connectivity index (χ0) is 23.2. The van der Waals surface area contributed by atoms with Crippen LogP contribution in [0, 0.1) is 0 Å². The van der Waals surface area contributed by atoms with E-state index in [9.17, 15) is 14.4 Å². The van der Waals surface area contributed by atoms with Gasteiger partial charge >= 0.3 is 5.97 Å². The Labute approximate surface area is 197 Å². The van der Waals surface area contributed by atoms with E-state index in [1.807, 2.05) is 0 Å². The molecule has 33 heavy (non-hydrogen) atoms. The van der Waals surface area contributed by atoms with Gasteiger partial charge in [0.15, 0.2) is 28.9 Å². The monoisotopic (exact) mass is 478 g/mol. The van der Waals surface area contributed by atoms with Crippen LogP contribution in [0.4, 0.5) is 5.69 Å². The van der Waals surface area contributed by atoms with Crippen molar-refractivity contribution in [1.29, 1.82) is 0 Å². The van der Waals surface area contributed by atoms with Gasteiger partial charge in [0.2, 0.25) is 0 Å². The Morgan fingerprint density at radius 1 is 1.00 bits per heavy atom. The standard InChI is InChI=1S/C23H15ClN4O4S/c24-15-7-8-17(16(11-15)20(30)14-5-2-1-3-6-14)27-19(29)12-32-23(31)18-13-33-22(28-18)21-25-9-4-10-26-21/h1-11,13H,12H2,(H,27,29). The summed E-state index contributed by atoms with van der Waals surface area (Å²) >= 11 is 7.24. The molecule has 8 nitrogen and oxygen atoms in total. The lowest BCUT2D eigenvalue weighted by Crippen LogP contribution is -2.22. The highest BCUT2D eigenvalue weighted by atomic mass is 35.5. The van der Waals surface area contributed by atoms with Crippen LogP contribution in [0.1, 0.15) is 26.4 Å². The van der Waals surface area contributed by atoms with Gasteiger partial charge in [-0.15, -0.1) is 11.3 Å². The topological polar surface area (TPSA) is 111 Å². The fourth-order valence-corrected chi connectivity index (χ4v) is 3.74. The molecule has 0 spiro atoms. The Morgan fingerprint density at radius 2 is 1.76 bits per heavy atom. The van der Waals surface area contributed by atoms with Gasteiger partial charge in [-0.05, 0) is 24.3 Å². The number of aromatic nitrogens is 3. The lowest BCUT2D eigenvalue weighted by Gasteiger charge is -2.11. The van der Waals surface area contributed by atoms with Crippen LogP contribution in [0.5, 0.6) is 0 Å². The number of anilines is 1. The average Bonchev–Trinajstić information content (AvgIpc) is 3.35. The number of benzene rings is 2. The predicted octanol–water partition coefficient (Wildman–Crippen LogP) is 4.28. The quantitative estimate of drug-likeness (QED) is 0.311. The molecule has 164 valence electrons. The molecule has 0 unspecified atom stereocenters. The smallest absolute Gasteiger partial charge is 0.358 e. The Bertz CT molecular complexity index is 1310. The highest BCUT2D eigenvalue weighted by Gasteiger charge is 2.19. The summed E-state index contributed by atoms with van der Waals surface area (Å²) in [4.78, 5) is 49.8. The maximum absolute atomic E-state index is 12.9. The van der Waals surface area contributed by atoms with Gasteiger partial charge in [0.25, 0.3) is 5.91 Å². The minimum absolute atomic E-state index is 0.0432. The number of hydrogen-bond acceptors (Lipinski definition) is 8. The van der Waals surface area contributed by atoms with Crippen LogP contribution in [0.3, 0.4) is 0 Å². The van der Waals surface area contributed by atoms with E-state index < -0.39 is 18.5 Å². The van der Waals surface area contributed by atoms with E-state index in [1.165, 1.54) is 28.8 Å². The molecule has 0 aliphatic carbocycles. The summed E-state index contributed by atoms with van der Waals surface area (Å²) in [7, 11) is 0. The van der Waals surface area contributed by atoms with Crippen molar-refractivity contribution >= 4 is 46.3 Å². The number of halogens is 1. The number of nitrogens with zero attached hydrogens (tertiary/aromatic N) is 3. The number of hydrogen-bond donors (Lipinski definition) is 1. The number of carbonyl (C=O) groups excluding carboxylic acids is 3. The largest absolute Gasteiger partial charge is 0.451 e. The second kappa shape index (κ2) is 10.1. The van der Waals surface area contributed by atoms with E-state index in [0.717, 1.165) is 0 Å². The molecule has 4 rings (SSSR count). The zero-order valence-corrected chi connectivity index (χ0v) is 18.5. The van der Waals surface area contributed by atoms with Gasteiger partial charge in [0.1, 0.15) is 0 Å². The van der Waals surface area contributed by atoms with Crippen LogP contribution in [0.25, 0.3) is 10.8 Å². The first kappa shape index (κ1) is 22.3. The fourth-order valence-electron chi connectivity index (χ4n) is 2.83. The summed E-state index contributed by atoms with van der Waals surface area (Å²) in [5.74, 6) is -1.30. The van der Waals surface area contributed by atoms with E-state index in [2.05, 4.69) is 20.3 Å². The summed E-state index contributed by atoms with van der Waals surface area (Å²) in [6.07, 6.45) is 3.14. The minimum Gasteiger partial charge on any atom is -0.451 e. The number of thiazole rings is 1. The first-order valence-electron chi connectivity index (χ1n) is 9.60. The number of rotatable bonds is 7. The summed E-state index contributed by atoms with van der Waals surface area (Å²) < 4.78 is 5.06. The minimum atomic E-state index is -0.764. The average molecular weight is 479 g/mol. The summed E-state index contributed by atoms with van der Waals surface area (Å²) in [5, 5.41) is 4.90. The second-order valence-corrected chi connectivity index (χ2v) is 7.91. The molecule has 0 saturated heterocycles. The highest BCUT2D eigenvalue weighted by molar-refractivity contribution is 7.13. The lowest BCUT2D eigenvalue weighted by atomic mass is 10.0. The molecule has 4 aromatic rings. The van der Waals surface area contributed by atoms with Crippen LogP contribution in [0.2, 0.25) is 5.02 Å². The van der Waals surface area contributed by atoms with Crippen molar-refractivity contribution in [3.63, 3.8) is 0 Å². The second-order valence-electron chi connectivity index (χ2n) is 6.62. The number of amides is 1. The van der Waals surface area contributed by atoms with Crippen molar-refractivity contribution < 1.29 is 19.1 Å². The molecule has 10 heteroatoms. The van der Waals surface area contributed by atoms with Gasteiger partial charge < -0.3 is 10.1 Å². The molecule has 2 heterocycles. The molecule has 0 bridgehead atoms. The molecule has 2 aromatic heterocycles. The van der Waals surface area contributed by atoms with Crippen molar-refractivity contribution in [3.8, 4) is 10.8 Å². The maximum Gasteiger partial charge on any atom is 0.358 e. The first-order valence-corrected chi connectivity index (χ1v) is 10.9. The van der Waals surface area contributed by atoms with E-state index in [0.29, 0.717) is 21.4 Å². The molecular weight excluding hydrogens is 464 g/mol. The SMILES string of the molecule is O=C(COC(=O)c1csc(-c2ncccn2)n1)Nc1ccc(Cl)cc1C(=O)c1ccccc1. The number of ether oxygens (including phenoxy) is 1. The third kappa shape index (κ3) is 5.46. The third-order valence-corrected chi connectivity index (χ3v) is 5.41. The van der Waals surface area contributed by atoms with Crippen molar-refractivity contribution in [1.82, 2.24) is 15.0 Å². The molecule has 2 aromatic carbocycles. The van der Waals surface area contributed by atoms with E-state index in [4.69, 9.17) is 16.3 Å². The molecule has 0 aliphatic heterocycles. The molecule has 1 amide bonds. The number of ketones is 1. The first-order chi connectivity index (χ1) is 16.0. The third-order valence-electron chi connectivity index (χ3n) is 4.34. The summed E-state index contributed by atoms with van der Waals surface area (Å²) in [6, 6.07) is 14.8. The molecule has 0 saturated carbocycles. The number of esters is 1. The van der Waals surface area contributed by atoms with Crippen LogP contribution in [0.15, 0.2) is 72.4 Å². The molecule has 0 atom stereocenters. The van der Waals surface area contributed by atoms with E-state index in [1.54, 1.807) is 54.9 Å². The van der Waals surface area contributed by atoms with Gasteiger partial charge in [0.05, 0.1) is 5.69 Å². The lowest BCUT2D eigenvalue weighted by molar-refractivity contribution is -0.119. The van der Waals surface area contributed by atoms with Crippen molar-refractivity contribution in [2.24, 2.45) is 0 Å². The number of carbonyl (C=O) groups is 3. The molecule has 0 aliphatic rings. The molecule has 1 N–H and O–H groups in total. The maximum atomic E-state index is 12.9. The van der Waals surface area contributed by atoms with Crippen molar-refractivity contribution in [2.45, 2.75) is 0 Å².